The van der Waals surface area contributed by atoms with Gasteiger partial charge >= 0.3 is 0 Å². The van der Waals surface area contributed by atoms with Gasteiger partial charge in [0.15, 0.2) is 9.84 Å². The van der Waals surface area contributed by atoms with E-state index in [0.29, 0.717) is 35.1 Å². The topological polar surface area (TPSA) is 98.4 Å². The first-order valence-electron chi connectivity index (χ1n) is 9.22. The Kier molecular flexibility index (Phi) is 4.73. The fourth-order valence-corrected chi connectivity index (χ4v) is 5.64. The zero-order chi connectivity index (χ0) is 21.1. The van der Waals surface area contributed by atoms with E-state index in [1.165, 1.54) is 12.1 Å². The maximum Gasteiger partial charge on any atom is 0.175 e. The Balaban J connectivity index is 1.98. The van der Waals surface area contributed by atoms with E-state index in [1.54, 1.807) is 6.07 Å². The number of sulfone groups is 1. The highest BCUT2D eigenvalue weighted by Crippen LogP contribution is 2.48. The third-order valence-electron chi connectivity index (χ3n) is 5.90. The highest BCUT2D eigenvalue weighted by molar-refractivity contribution is 7.90. The normalized spacial score (nSPS) is 25.9. The fourth-order valence-electron chi connectivity index (χ4n) is 4.68. The third-order valence-corrected chi connectivity index (χ3v) is 7.05. The van der Waals surface area contributed by atoms with Crippen molar-refractivity contribution < 1.29 is 27.4 Å². The second-order valence-electron chi connectivity index (χ2n) is 7.70. The van der Waals surface area contributed by atoms with Crippen molar-refractivity contribution in [2.24, 2.45) is 0 Å². The SMILES string of the molecule is CS(=O)(=O)c1ccc([C@H]2CC[C@@H](O)c3cc(F)cc(C#N)c32)c2c1C(O)C(F)C2. The molecule has 0 aliphatic heterocycles. The Labute approximate surface area is 167 Å². The van der Waals surface area contributed by atoms with Gasteiger partial charge in [-0.15, -0.1) is 0 Å². The first kappa shape index (κ1) is 20.0. The van der Waals surface area contributed by atoms with Crippen LogP contribution in [0.25, 0.3) is 0 Å². The molecule has 0 aromatic heterocycles. The summed E-state index contributed by atoms with van der Waals surface area (Å²) in [6, 6.07) is 7.20. The van der Waals surface area contributed by atoms with E-state index in [1.807, 2.05) is 6.07 Å². The van der Waals surface area contributed by atoms with Gasteiger partial charge in [-0.2, -0.15) is 5.26 Å². The molecule has 0 saturated heterocycles. The Hall–Kier alpha value is -2.34. The molecule has 2 unspecified atom stereocenters. The average molecular weight is 419 g/mol. The van der Waals surface area contributed by atoms with E-state index in [4.69, 9.17) is 0 Å². The smallest absolute Gasteiger partial charge is 0.175 e. The number of halogens is 2. The van der Waals surface area contributed by atoms with Crippen LogP contribution < -0.4 is 0 Å². The minimum atomic E-state index is -3.69. The molecular formula is C21H19F2NO4S. The maximum atomic E-state index is 14.4. The van der Waals surface area contributed by atoms with Crippen LogP contribution in [0.5, 0.6) is 0 Å². The Morgan fingerprint density at radius 3 is 2.52 bits per heavy atom. The molecule has 2 aliphatic rings. The lowest BCUT2D eigenvalue weighted by Gasteiger charge is -2.31. The molecule has 4 atom stereocenters. The summed E-state index contributed by atoms with van der Waals surface area (Å²) in [5.41, 5.74) is 1.94. The number of fused-ring (bicyclic) bond motifs is 2. The Morgan fingerprint density at radius 1 is 1.14 bits per heavy atom. The predicted octanol–water partition coefficient (Wildman–Crippen LogP) is 2.99. The van der Waals surface area contributed by atoms with E-state index in [0.717, 1.165) is 12.3 Å². The Morgan fingerprint density at radius 2 is 1.86 bits per heavy atom. The molecule has 0 radical (unpaired) electrons. The van der Waals surface area contributed by atoms with Crippen LogP contribution in [0.2, 0.25) is 0 Å². The molecule has 0 amide bonds. The van der Waals surface area contributed by atoms with E-state index in [-0.39, 0.29) is 22.4 Å². The molecule has 29 heavy (non-hydrogen) atoms. The number of aliphatic hydroxyl groups is 2. The van der Waals surface area contributed by atoms with E-state index < -0.39 is 40.0 Å². The van der Waals surface area contributed by atoms with Crippen molar-refractivity contribution in [1.29, 1.82) is 5.26 Å². The van der Waals surface area contributed by atoms with Crippen LogP contribution in [0.1, 0.15) is 64.3 Å². The zero-order valence-corrected chi connectivity index (χ0v) is 16.4. The largest absolute Gasteiger partial charge is 0.388 e. The lowest BCUT2D eigenvalue weighted by atomic mass is 9.74. The molecular weight excluding hydrogens is 400 g/mol. The number of alkyl halides is 1. The second-order valence-corrected chi connectivity index (χ2v) is 9.68. The van der Waals surface area contributed by atoms with Gasteiger partial charge in [0.05, 0.1) is 22.6 Å². The summed E-state index contributed by atoms with van der Waals surface area (Å²) >= 11 is 0. The first-order chi connectivity index (χ1) is 13.6. The number of nitriles is 1. The van der Waals surface area contributed by atoms with Gasteiger partial charge in [0.25, 0.3) is 0 Å². The number of hydrogen-bond acceptors (Lipinski definition) is 5. The van der Waals surface area contributed by atoms with Crippen LogP contribution in [0.4, 0.5) is 8.78 Å². The number of aliphatic hydroxyl groups excluding tert-OH is 2. The lowest BCUT2D eigenvalue weighted by Crippen LogP contribution is -2.19. The van der Waals surface area contributed by atoms with Crippen molar-refractivity contribution in [2.45, 2.75) is 48.5 Å². The summed E-state index contributed by atoms with van der Waals surface area (Å²) in [7, 11) is -3.69. The quantitative estimate of drug-likeness (QED) is 0.780. The number of benzene rings is 2. The molecule has 0 saturated carbocycles. The number of nitrogens with zero attached hydrogens (tertiary/aromatic N) is 1. The van der Waals surface area contributed by atoms with Crippen molar-refractivity contribution >= 4 is 9.84 Å². The van der Waals surface area contributed by atoms with Gasteiger partial charge in [-0.05, 0) is 53.3 Å². The number of rotatable bonds is 2. The average Bonchev–Trinajstić information content (AvgIpc) is 2.95. The van der Waals surface area contributed by atoms with Gasteiger partial charge in [0.1, 0.15) is 18.1 Å². The number of hydrogen-bond donors (Lipinski definition) is 2. The monoisotopic (exact) mass is 419 g/mol. The van der Waals surface area contributed by atoms with Gasteiger partial charge < -0.3 is 10.2 Å². The molecule has 4 rings (SSSR count). The van der Waals surface area contributed by atoms with Crippen LogP contribution in [-0.2, 0) is 16.3 Å². The first-order valence-corrected chi connectivity index (χ1v) is 11.1. The highest BCUT2D eigenvalue weighted by atomic mass is 32.2. The van der Waals surface area contributed by atoms with Crippen LogP contribution in [0.15, 0.2) is 29.2 Å². The van der Waals surface area contributed by atoms with Crippen molar-refractivity contribution in [3.8, 4) is 6.07 Å². The van der Waals surface area contributed by atoms with Gasteiger partial charge in [0.2, 0.25) is 0 Å². The molecule has 2 aromatic carbocycles. The van der Waals surface area contributed by atoms with Crippen molar-refractivity contribution in [2.75, 3.05) is 6.26 Å². The molecule has 0 spiro atoms. The summed E-state index contributed by atoms with van der Waals surface area (Å²) in [5, 5.41) is 30.2. The van der Waals surface area contributed by atoms with Crippen molar-refractivity contribution in [3.05, 3.63) is 63.5 Å². The summed E-state index contributed by atoms with van der Waals surface area (Å²) in [6.07, 6.45) is -2.51. The van der Waals surface area contributed by atoms with Crippen molar-refractivity contribution in [3.63, 3.8) is 0 Å². The minimum Gasteiger partial charge on any atom is -0.388 e. The summed E-state index contributed by atoms with van der Waals surface area (Å²) in [6.45, 7) is 0. The summed E-state index contributed by atoms with van der Waals surface area (Å²) < 4.78 is 52.7. The molecule has 5 nitrogen and oxygen atoms in total. The minimum absolute atomic E-state index is 0.0609. The molecule has 8 heteroatoms. The second kappa shape index (κ2) is 6.87. The fraction of sp³-hybridized carbons (Fsp3) is 0.381. The highest BCUT2D eigenvalue weighted by Gasteiger charge is 2.40. The molecule has 2 aliphatic carbocycles. The molecule has 152 valence electrons. The standard InChI is InChI=1S/C21H19F2NO4S/c1-29(27,28)18-5-3-12(14-8-16(23)21(26)20(14)18)13-2-4-17(25)15-7-11(22)6-10(9-24)19(13)15/h3,5-7,13,16-17,21,25-26H,2,4,8H2,1H3/t13-,16?,17-,21?/m1/s1. The third kappa shape index (κ3) is 3.14. The molecule has 2 N–H and O–H groups in total. The van der Waals surface area contributed by atoms with Gasteiger partial charge in [-0.25, -0.2) is 17.2 Å². The van der Waals surface area contributed by atoms with Gasteiger partial charge in [-0.1, -0.05) is 6.07 Å². The molecule has 0 bridgehead atoms. The summed E-state index contributed by atoms with van der Waals surface area (Å²) in [5.74, 6) is -1.07. The predicted molar refractivity (Wildman–Crippen MR) is 100 cm³/mol. The van der Waals surface area contributed by atoms with E-state index >= 15 is 0 Å². The van der Waals surface area contributed by atoms with Crippen LogP contribution >= 0.6 is 0 Å². The van der Waals surface area contributed by atoms with Crippen LogP contribution in [0.3, 0.4) is 0 Å². The summed E-state index contributed by atoms with van der Waals surface area (Å²) in [4.78, 5) is -0.111. The molecule has 0 heterocycles. The van der Waals surface area contributed by atoms with Gasteiger partial charge in [0, 0.05) is 24.2 Å². The van der Waals surface area contributed by atoms with Crippen molar-refractivity contribution in [1.82, 2.24) is 0 Å². The van der Waals surface area contributed by atoms with E-state index in [2.05, 4.69) is 0 Å². The lowest BCUT2D eigenvalue weighted by molar-refractivity contribution is 0.0907. The van der Waals surface area contributed by atoms with Crippen LogP contribution in [-0.4, -0.2) is 31.1 Å². The van der Waals surface area contributed by atoms with Crippen LogP contribution in [0, 0.1) is 17.1 Å². The Bertz CT molecular complexity index is 1160. The maximum absolute atomic E-state index is 14.4. The molecule has 2 aromatic rings. The van der Waals surface area contributed by atoms with E-state index in [9.17, 15) is 32.7 Å². The zero-order valence-electron chi connectivity index (χ0n) is 15.6. The molecule has 0 fully saturated rings. The van der Waals surface area contributed by atoms with Gasteiger partial charge in [-0.3, -0.25) is 0 Å².